The molecule has 0 unspecified atom stereocenters. The summed E-state index contributed by atoms with van der Waals surface area (Å²) in [6.07, 6.45) is 0.766. The lowest BCUT2D eigenvalue weighted by Crippen LogP contribution is -2.48. The van der Waals surface area contributed by atoms with Crippen molar-refractivity contribution >= 4 is 28.8 Å². The Hall–Kier alpha value is -3.16. The van der Waals surface area contributed by atoms with Gasteiger partial charge in [0.1, 0.15) is 17.2 Å². The number of piperazine rings is 1. The molecule has 3 heterocycles. The minimum Gasteiger partial charge on any atom is -0.385 e. The molecule has 182 valence electrons. The first-order valence-electron chi connectivity index (χ1n) is 12.0. The number of rotatable bonds is 4. The van der Waals surface area contributed by atoms with Gasteiger partial charge in [-0.25, -0.2) is 14.4 Å². The number of nitrogens with two attached hydrogens (primary N) is 1. The summed E-state index contributed by atoms with van der Waals surface area (Å²) in [5, 5.41) is 3.37. The smallest absolute Gasteiger partial charge is 0.157 e. The highest BCUT2D eigenvalue weighted by Crippen LogP contribution is 2.35. The first-order chi connectivity index (χ1) is 16.8. The lowest BCUT2D eigenvalue weighted by atomic mass is 9.94. The van der Waals surface area contributed by atoms with Crippen molar-refractivity contribution in [3.05, 3.63) is 65.1 Å². The Bertz CT molecular complexity index is 1270. The molecule has 2 aromatic carbocycles. The summed E-state index contributed by atoms with van der Waals surface area (Å²) in [7, 11) is 0. The number of fused-ring (bicyclic) bond motifs is 1. The van der Waals surface area contributed by atoms with Crippen molar-refractivity contribution < 1.29 is 4.39 Å². The van der Waals surface area contributed by atoms with Crippen molar-refractivity contribution in [1.29, 1.82) is 0 Å². The fraction of sp³-hybridized carbons (Fsp3) is 0.333. The predicted molar refractivity (Wildman–Crippen MR) is 142 cm³/mol. The van der Waals surface area contributed by atoms with Crippen LogP contribution in [0, 0.1) is 5.82 Å². The normalized spacial score (nSPS) is 16.4. The van der Waals surface area contributed by atoms with E-state index in [0.29, 0.717) is 23.0 Å². The summed E-state index contributed by atoms with van der Waals surface area (Å²) < 4.78 is 15.2. The van der Waals surface area contributed by atoms with Gasteiger partial charge in [-0.1, -0.05) is 30.3 Å². The van der Waals surface area contributed by atoms with Crippen LogP contribution in [0.4, 0.5) is 15.9 Å². The number of nitrogen functional groups attached to an aromatic ring is 1. The van der Waals surface area contributed by atoms with Crippen LogP contribution in [-0.2, 0) is 6.42 Å². The molecule has 0 saturated carbocycles. The zero-order chi connectivity index (χ0) is 24.7. The fourth-order valence-electron chi connectivity index (χ4n) is 4.87. The molecular weight excluding hydrogens is 463 g/mol. The first kappa shape index (κ1) is 23.6. The highest BCUT2D eigenvalue weighted by atomic mass is 35.5. The first-order valence-corrected chi connectivity index (χ1v) is 12.4. The van der Waals surface area contributed by atoms with E-state index in [1.165, 1.54) is 6.07 Å². The van der Waals surface area contributed by atoms with E-state index in [2.05, 4.69) is 52.7 Å². The Morgan fingerprint density at radius 2 is 1.74 bits per heavy atom. The molecule has 8 heteroatoms. The zero-order valence-electron chi connectivity index (χ0n) is 20.1. The van der Waals surface area contributed by atoms with Gasteiger partial charge in [-0.05, 0) is 50.1 Å². The van der Waals surface area contributed by atoms with Gasteiger partial charge >= 0.3 is 0 Å². The van der Waals surface area contributed by atoms with E-state index in [9.17, 15) is 0 Å². The molecule has 2 aliphatic heterocycles. The molecule has 1 aromatic heterocycles. The average Bonchev–Trinajstić information content (AvgIpc) is 2.85. The van der Waals surface area contributed by atoms with E-state index in [0.717, 1.165) is 67.2 Å². The van der Waals surface area contributed by atoms with Crippen molar-refractivity contribution in [2.24, 2.45) is 0 Å². The largest absolute Gasteiger partial charge is 0.385 e. The Morgan fingerprint density at radius 1 is 1.03 bits per heavy atom. The topological polar surface area (TPSA) is 70.3 Å². The molecule has 3 aromatic rings. The highest BCUT2D eigenvalue weighted by Gasteiger charge is 2.22. The fourth-order valence-corrected chi connectivity index (χ4v) is 5.11. The van der Waals surface area contributed by atoms with E-state index in [1.54, 1.807) is 6.07 Å². The molecule has 5 rings (SSSR count). The second-order valence-electron chi connectivity index (χ2n) is 9.41. The molecule has 0 amide bonds. The predicted octanol–water partition coefficient (Wildman–Crippen LogP) is 4.83. The molecule has 1 fully saturated rings. The van der Waals surface area contributed by atoms with Gasteiger partial charge in [0.2, 0.25) is 0 Å². The average molecular weight is 493 g/mol. The van der Waals surface area contributed by atoms with Gasteiger partial charge in [-0.3, -0.25) is 4.90 Å². The second kappa shape index (κ2) is 9.47. The van der Waals surface area contributed by atoms with Crippen molar-refractivity contribution in [2.45, 2.75) is 26.3 Å². The maximum Gasteiger partial charge on any atom is 0.157 e. The molecule has 0 radical (unpaired) electrons. The number of nitrogens with one attached hydrogen (secondary N) is 1. The Kier molecular flexibility index (Phi) is 6.38. The van der Waals surface area contributed by atoms with Crippen LogP contribution in [0.25, 0.3) is 28.2 Å². The lowest BCUT2D eigenvalue weighted by molar-refractivity contribution is 0.209. The van der Waals surface area contributed by atoms with E-state index in [1.807, 2.05) is 12.1 Å². The van der Waals surface area contributed by atoms with Crippen molar-refractivity contribution in [3.8, 4) is 22.5 Å². The highest BCUT2D eigenvalue weighted by molar-refractivity contribution is 6.32. The van der Waals surface area contributed by atoms with Crippen molar-refractivity contribution in [3.63, 3.8) is 0 Å². The molecular formula is C27H30ClFN6. The molecule has 1 saturated heterocycles. The minimum absolute atomic E-state index is 0.102. The summed E-state index contributed by atoms with van der Waals surface area (Å²) >= 11 is 6.45. The lowest BCUT2D eigenvalue weighted by Gasteiger charge is -2.38. The number of hydrogen-bond acceptors (Lipinski definition) is 6. The van der Waals surface area contributed by atoms with Crippen LogP contribution >= 0.6 is 11.6 Å². The number of nitrogens with zero attached hydrogens (tertiary/aromatic N) is 4. The third kappa shape index (κ3) is 4.58. The van der Waals surface area contributed by atoms with Gasteiger partial charge in [-0.15, -0.1) is 0 Å². The van der Waals surface area contributed by atoms with Gasteiger partial charge in [0.25, 0.3) is 0 Å². The van der Waals surface area contributed by atoms with E-state index >= 15 is 4.39 Å². The zero-order valence-corrected chi connectivity index (χ0v) is 20.9. The summed E-state index contributed by atoms with van der Waals surface area (Å²) in [5.41, 5.74) is 11.7. The number of benzene rings is 2. The third-order valence-electron chi connectivity index (χ3n) is 6.94. The van der Waals surface area contributed by atoms with Crippen molar-refractivity contribution in [1.82, 2.24) is 20.2 Å². The van der Waals surface area contributed by atoms with E-state index < -0.39 is 5.82 Å². The van der Waals surface area contributed by atoms with E-state index in [-0.39, 0.29) is 11.0 Å². The van der Waals surface area contributed by atoms with Crippen LogP contribution in [-0.4, -0.2) is 53.6 Å². The van der Waals surface area contributed by atoms with Gasteiger partial charge in [0, 0.05) is 66.8 Å². The van der Waals surface area contributed by atoms with Gasteiger partial charge < -0.3 is 16.0 Å². The maximum absolute atomic E-state index is 15.2. The molecule has 35 heavy (non-hydrogen) atoms. The van der Waals surface area contributed by atoms with Crippen LogP contribution in [0.5, 0.6) is 0 Å². The van der Waals surface area contributed by atoms with Gasteiger partial charge in [0.05, 0.1) is 0 Å². The summed E-state index contributed by atoms with van der Waals surface area (Å²) in [5.74, 6) is -0.316. The number of aromatic nitrogens is 2. The van der Waals surface area contributed by atoms with Crippen LogP contribution in [0.2, 0.25) is 5.15 Å². The van der Waals surface area contributed by atoms with Crippen LogP contribution in [0.3, 0.4) is 0 Å². The number of anilines is 2. The molecule has 0 aliphatic carbocycles. The SMILES string of the molecule is C=C1NCCc2cc(-c3nc(-c4ccc(N5CCN(C(C)C)CC5)cc4)c(Cl)nc3N)c(F)cc21. The molecule has 3 N–H and O–H groups in total. The number of halogens is 2. The van der Waals surface area contributed by atoms with Crippen LogP contribution in [0.15, 0.2) is 43.0 Å². The summed E-state index contributed by atoms with van der Waals surface area (Å²) in [4.78, 5) is 13.9. The minimum atomic E-state index is -0.418. The monoisotopic (exact) mass is 492 g/mol. The second-order valence-corrected chi connectivity index (χ2v) is 9.76. The van der Waals surface area contributed by atoms with Crippen LogP contribution < -0.4 is 16.0 Å². The molecule has 0 bridgehead atoms. The van der Waals surface area contributed by atoms with Crippen molar-refractivity contribution in [2.75, 3.05) is 43.4 Å². The van der Waals surface area contributed by atoms with Crippen LogP contribution in [0.1, 0.15) is 25.0 Å². The van der Waals surface area contributed by atoms with Gasteiger partial charge in [0.15, 0.2) is 11.0 Å². The molecule has 2 aliphatic rings. The van der Waals surface area contributed by atoms with Gasteiger partial charge in [-0.2, -0.15) is 0 Å². The Morgan fingerprint density at radius 3 is 2.43 bits per heavy atom. The Labute approximate surface area is 210 Å². The quantitative estimate of drug-likeness (QED) is 0.543. The molecule has 0 spiro atoms. The molecule has 0 atom stereocenters. The third-order valence-corrected chi connectivity index (χ3v) is 7.20. The Balaban J connectivity index is 1.45. The summed E-state index contributed by atoms with van der Waals surface area (Å²) in [6.45, 7) is 13.3. The summed E-state index contributed by atoms with van der Waals surface area (Å²) in [6, 6.07) is 12.0. The number of hydrogen-bond donors (Lipinski definition) is 2. The maximum atomic E-state index is 15.2. The standard InChI is InChI=1S/C27H30ClFN6/c1-16(2)34-10-12-35(13-11-34)20-6-4-18(5-7-20)24-26(28)33-27(30)25(32-24)22-14-19-8-9-31-17(3)21(19)15-23(22)29/h4-7,14-16,31H,3,8-13H2,1-2H3,(H2,30,33). The van der Waals surface area contributed by atoms with E-state index in [4.69, 9.17) is 22.3 Å². The molecule has 6 nitrogen and oxygen atoms in total.